The van der Waals surface area contributed by atoms with Crippen molar-refractivity contribution in [2.45, 2.75) is 6.92 Å². The van der Waals surface area contributed by atoms with Gasteiger partial charge in [-0.15, -0.1) is 0 Å². The second-order valence-corrected chi connectivity index (χ2v) is 3.25. The van der Waals surface area contributed by atoms with Gasteiger partial charge in [0, 0.05) is 6.08 Å². The van der Waals surface area contributed by atoms with Crippen LogP contribution >= 0.6 is 0 Å². The van der Waals surface area contributed by atoms with Crippen LogP contribution in [0.15, 0.2) is 11.8 Å². The zero-order chi connectivity index (χ0) is 8.65. The maximum atomic E-state index is 10.6. The highest BCUT2D eigenvalue weighted by atomic mass is 32.2. The van der Waals surface area contributed by atoms with E-state index in [4.69, 9.17) is 5.21 Å². The fourth-order valence-corrected chi connectivity index (χ4v) is 1.29. The lowest BCUT2D eigenvalue weighted by Crippen LogP contribution is -2.36. The molecule has 1 N–H and O–H groups in total. The van der Waals surface area contributed by atoms with Gasteiger partial charge in [0.1, 0.15) is 5.76 Å². The van der Waals surface area contributed by atoms with Crippen molar-refractivity contribution >= 4 is 16.2 Å². The standard InChI is InChI=1S/C4H5NO5S/c1-3-2-4(6)5(7)11(8,9)10-3/h2,7H,1H3. The molecule has 0 saturated carbocycles. The van der Waals surface area contributed by atoms with Crippen molar-refractivity contribution < 1.29 is 22.6 Å². The first-order valence-corrected chi connectivity index (χ1v) is 3.96. The summed E-state index contributed by atoms with van der Waals surface area (Å²) in [6.07, 6.45) is 0.862. The van der Waals surface area contributed by atoms with Gasteiger partial charge >= 0.3 is 10.3 Å². The van der Waals surface area contributed by atoms with Gasteiger partial charge < -0.3 is 4.18 Å². The Morgan fingerprint density at radius 2 is 2.18 bits per heavy atom. The van der Waals surface area contributed by atoms with Crippen LogP contribution in [0.25, 0.3) is 0 Å². The topological polar surface area (TPSA) is 83.9 Å². The third kappa shape index (κ3) is 1.33. The molecule has 0 radical (unpaired) electrons. The van der Waals surface area contributed by atoms with E-state index in [1.54, 1.807) is 0 Å². The molecule has 1 rings (SSSR count). The Balaban J connectivity index is 3.15. The molecule has 0 atom stereocenters. The van der Waals surface area contributed by atoms with Gasteiger partial charge in [-0.2, -0.15) is 8.42 Å². The molecule has 0 fully saturated rings. The lowest BCUT2D eigenvalue weighted by Gasteiger charge is -2.17. The summed E-state index contributed by atoms with van der Waals surface area (Å²) in [5.74, 6) is -1.10. The van der Waals surface area contributed by atoms with Crippen LogP contribution < -0.4 is 0 Å². The maximum absolute atomic E-state index is 10.6. The molecule has 0 aromatic rings. The van der Waals surface area contributed by atoms with E-state index in [0.717, 1.165) is 6.08 Å². The number of rotatable bonds is 0. The summed E-state index contributed by atoms with van der Waals surface area (Å²) in [4.78, 5) is 10.6. The Bertz CT molecular complexity index is 315. The molecule has 0 spiro atoms. The van der Waals surface area contributed by atoms with Crippen molar-refractivity contribution in [2.75, 3.05) is 0 Å². The first-order valence-electron chi connectivity index (χ1n) is 2.59. The highest BCUT2D eigenvalue weighted by molar-refractivity contribution is 7.84. The molecule has 6 nitrogen and oxygen atoms in total. The first kappa shape index (κ1) is 8.02. The molecule has 0 bridgehead atoms. The minimum Gasteiger partial charge on any atom is -0.370 e. The molecule has 62 valence electrons. The Hall–Kier alpha value is -1.08. The molecular formula is C4H5NO5S. The van der Waals surface area contributed by atoms with E-state index >= 15 is 0 Å². The number of hydroxylamine groups is 1. The van der Waals surface area contributed by atoms with Crippen LogP contribution in [0.4, 0.5) is 0 Å². The van der Waals surface area contributed by atoms with Crippen LogP contribution in [-0.4, -0.2) is 24.0 Å². The summed E-state index contributed by atoms with van der Waals surface area (Å²) in [5.41, 5.74) is 0. The number of nitrogens with zero attached hydrogens (tertiary/aromatic N) is 1. The lowest BCUT2D eigenvalue weighted by atomic mass is 10.5. The third-order valence-corrected chi connectivity index (χ3v) is 2.04. The Labute approximate surface area is 62.9 Å². The Kier molecular flexibility index (Phi) is 1.61. The molecule has 0 aromatic heterocycles. The molecule has 0 unspecified atom stereocenters. The number of carbonyl (C=O) groups is 1. The summed E-state index contributed by atoms with van der Waals surface area (Å²) in [5, 5.41) is 8.55. The van der Waals surface area contributed by atoms with Crippen molar-refractivity contribution in [1.29, 1.82) is 0 Å². The highest BCUT2D eigenvalue weighted by Crippen LogP contribution is 2.13. The Morgan fingerprint density at radius 3 is 2.64 bits per heavy atom. The fraction of sp³-hybridized carbons (Fsp3) is 0.250. The van der Waals surface area contributed by atoms with Crippen LogP contribution in [0, 0.1) is 0 Å². The largest absolute Gasteiger partial charge is 0.435 e. The molecular weight excluding hydrogens is 174 g/mol. The summed E-state index contributed by atoms with van der Waals surface area (Å²) >= 11 is 0. The summed E-state index contributed by atoms with van der Waals surface area (Å²) in [7, 11) is -4.29. The van der Waals surface area contributed by atoms with E-state index in [2.05, 4.69) is 4.18 Å². The zero-order valence-corrected chi connectivity index (χ0v) is 6.33. The molecule has 1 heterocycles. The van der Waals surface area contributed by atoms with Gasteiger partial charge in [-0.1, -0.05) is 4.47 Å². The minimum absolute atomic E-state index is 0.0692. The summed E-state index contributed by atoms with van der Waals surface area (Å²) in [6, 6.07) is 0. The zero-order valence-electron chi connectivity index (χ0n) is 5.51. The van der Waals surface area contributed by atoms with Crippen molar-refractivity contribution in [3.05, 3.63) is 11.8 Å². The third-order valence-electron chi connectivity index (χ3n) is 0.964. The minimum atomic E-state index is -4.29. The van der Waals surface area contributed by atoms with E-state index in [-0.39, 0.29) is 5.76 Å². The molecule has 7 heteroatoms. The van der Waals surface area contributed by atoms with Crippen LogP contribution in [0.1, 0.15) is 6.92 Å². The van der Waals surface area contributed by atoms with Crippen molar-refractivity contribution in [2.24, 2.45) is 0 Å². The summed E-state index contributed by atoms with van der Waals surface area (Å²) < 4.78 is 24.9. The number of allylic oxidation sites excluding steroid dienone is 1. The monoisotopic (exact) mass is 179 g/mol. The van der Waals surface area contributed by atoms with Gasteiger partial charge in [0.2, 0.25) is 0 Å². The van der Waals surface area contributed by atoms with Crippen LogP contribution in [-0.2, 0) is 19.3 Å². The number of amides is 1. The van der Waals surface area contributed by atoms with E-state index in [9.17, 15) is 13.2 Å². The Morgan fingerprint density at radius 1 is 1.64 bits per heavy atom. The molecule has 11 heavy (non-hydrogen) atoms. The molecule has 1 aliphatic rings. The highest BCUT2D eigenvalue weighted by Gasteiger charge is 2.31. The molecule has 1 amide bonds. The van der Waals surface area contributed by atoms with Crippen molar-refractivity contribution in [3.8, 4) is 0 Å². The summed E-state index contributed by atoms with van der Waals surface area (Å²) in [6.45, 7) is 1.29. The molecule has 1 aliphatic heterocycles. The predicted molar refractivity (Wildman–Crippen MR) is 32.4 cm³/mol. The number of hydrogen-bond acceptors (Lipinski definition) is 5. The second-order valence-electron chi connectivity index (χ2n) is 1.88. The first-order chi connectivity index (χ1) is 4.93. The van der Waals surface area contributed by atoms with E-state index in [1.807, 2.05) is 0 Å². The quantitative estimate of drug-likeness (QED) is 0.501. The smallest absolute Gasteiger partial charge is 0.370 e. The lowest BCUT2D eigenvalue weighted by molar-refractivity contribution is -0.142. The fourth-order valence-electron chi connectivity index (χ4n) is 0.565. The van der Waals surface area contributed by atoms with Crippen LogP contribution in [0.3, 0.4) is 0 Å². The second kappa shape index (κ2) is 2.21. The molecule has 0 saturated heterocycles. The predicted octanol–water partition coefficient (Wildman–Crippen LogP) is -0.617. The average molecular weight is 179 g/mol. The molecule has 0 aliphatic carbocycles. The average Bonchev–Trinajstić information content (AvgIpc) is 1.81. The number of carbonyl (C=O) groups excluding carboxylic acids is 1. The number of hydrogen-bond donors (Lipinski definition) is 1. The van der Waals surface area contributed by atoms with Gasteiger partial charge in [0.05, 0.1) is 0 Å². The van der Waals surface area contributed by atoms with Crippen LogP contribution in [0.2, 0.25) is 0 Å². The van der Waals surface area contributed by atoms with E-state index in [0.29, 0.717) is 0 Å². The van der Waals surface area contributed by atoms with Gasteiger partial charge in [0.25, 0.3) is 5.91 Å². The SMILES string of the molecule is CC1=CC(=O)N(O)S(=O)(=O)O1. The van der Waals surface area contributed by atoms with Crippen molar-refractivity contribution in [3.63, 3.8) is 0 Å². The normalized spacial score (nSPS) is 22.5. The molecule has 0 aromatic carbocycles. The van der Waals surface area contributed by atoms with Crippen molar-refractivity contribution in [1.82, 2.24) is 4.47 Å². The van der Waals surface area contributed by atoms with E-state index < -0.39 is 20.7 Å². The van der Waals surface area contributed by atoms with Crippen LogP contribution in [0.5, 0.6) is 0 Å². The van der Waals surface area contributed by atoms with Gasteiger partial charge in [-0.05, 0) is 6.92 Å². The van der Waals surface area contributed by atoms with Gasteiger partial charge in [-0.3, -0.25) is 10.0 Å². The maximum Gasteiger partial charge on any atom is 0.435 e. The van der Waals surface area contributed by atoms with Gasteiger partial charge in [-0.25, -0.2) is 0 Å². The van der Waals surface area contributed by atoms with Gasteiger partial charge in [0.15, 0.2) is 0 Å². The van der Waals surface area contributed by atoms with E-state index in [1.165, 1.54) is 6.92 Å².